The lowest BCUT2D eigenvalue weighted by molar-refractivity contribution is -0.150. The van der Waals surface area contributed by atoms with Gasteiger partial charge in [-0.15, -0.1) is 0 Å². The highest BCUT2D eigenvalue weighted by Crippen LogP contribution is 2.27. The Balaban J connectivity index is 1.83. The van der Waals surface area contributed by atoms with Gasteiger partial charge in [0.2, 0.25) is 0 Å². The van der Waals surface area contributed by atoms with Gasteiger partial charge in [-0.1, -0.05) is 23.2 Å². The number of hydrogen-bond donors (Lipinski definition) is 0. The van der Waals surface area contributed by atoms with Crippen molar-refractivity contribution in [2.75, 3.05) is 19.8 Å². The highest BCUT2D eigenvalue weighted by atomic mass is 35.5. The van der Waals surface area contributed by atoms with Gasteiger partial charge < -0.3 is 14.2 Å². The van der Waals surface area contributed by atoms with E-state index in [0.717, 1.165) is 0 Å². The highest BCUT2D eigenvalue weighted by molar-refractivity contribution is 6.42. The van der Waals surface area contributed by atoms with Gasteiger partial charge in [0, 0.05) is 12.5 Å². The molecule has 5 heteroatoms. The van der Waals surface area contributed by atoms with Crippen LogP contribution in [0.15, 0.2) is 18.2 Å². The van der Waals surface area contributed by atoms with Crippen molar-refractivity contribution in [3.05, 3.63) is 28.2 Å². The van der Waals surface area contributed by atoms with Gasteiger partial charge in [-0.05, 0) is 19.1 Å². The van der Waals surface area contributed by atoms with E-state index in [1.807, 2.05) is 6.92 Å². The first-order valence-corrected chi connectivity index (χ1v) is 6.20. The van der Waals surface area contributed by atoms with E-state index >= 15 is 0 Å². The minimum absolute atomic E-state index is 0.490. The Morgan fingerprint density at radius 1 is 1.24 bits per heavy atom. The maximum absolute atomic E-state index is 5.89. The molecule has 0 spiro atoms. The molecule has 0 saturated carbocycles. The summed E-state index contributed by atoms with van der Waals surface area (Å²) in [7, 11) is 0. The second-order valence-electron chi connectivity index (χ2n) is 4.01. The van der Waals surface area contributed by atoms with E-state index in [2.05, 4.69) is 0 Å². The predicted molar refractivity (Wildman–Crippen MR) is 66.9 cm³/mol. The third kappa shape index (κ3) is 3.49. The molecule has 2 rings (SSSR count). The largest absolute Gasteiger partial charge is 0.493 e. The van der Waals surface area contributed by atoms with Crippen LogP contribution in [0.1, 0.15) is 13.3 Å². The summed E-state index contributed by atoms with van der Waals surface area (Å²) in [6, 6.07) is 5.19. The van der Waals surface area contributed by atoms with Crippen LogP contribution in [0.3, 0.4) is 0 Å². The van der Waals surface area contributed by atoms with E-state index in [-0.39, 0.29) is 0 Å². The van der Waals surface area contributed by atoms with E-state index in [1.54, 1.807) is 18.2 Å². The van der Waals surface area contributed by atoms with Crippen molar-refractivity contribution in [2.45, 2.75) is 19.1 Å². The summed E-state index contributed by atoms with van der Waals surface area (Å²) >= 11 is 11.7. The number of hydrogen-bond acceptors (Lipinski definition) is 3. The van der Waals surface area contributed by atoms with Crippen molar-refractivity contribution < 1.29 is 14.2 Å². The van der Waals surface area contributed by atoms with Gasteiger partial charge in [-0.3, -0.25) is 0 Å². The van der Waals surface area contributed by atoms with E-state index in [4.69, 9.17) is 37.4 Å². The fourth-order valence-electron chi connectivity index (χ4n) is 1.62. The molecule has 3 nitrogen and oxygen atoms in total. The van der Waals surface area contributed by atoms with Crippen LogP contribution in [0, 0.1) is 0 Å². The first-order valence-electron chi connectivity index (χ1n) is 5.45. The molecule has 94 valence electrons. The maximum Gasteiger partial charge on any atom is 0.168 e. The molecule has 1 aromatic carbocycles. The molecule has 1 fully saturated rings. The smallest absolute Gasteiger partial charge is 0.168 e. The third-order valence-corrected chi connectivity index (χ3v) is 3.35. The van der Waals surface area contributed by atoms with Crippen molar-refractivity contribution in [2.24, 2.45) is 0 Å². The van der Waals surface area contributed by atoms with Gasteiger partial charge in [0.25, 0.3) is 0 Å². The van der Waals surface area contributed by atoms with Crippen LogP contribution in [-0.2, 0) is 9.47 Å². The molecule has 0 bridgehead atoms. The molecule has 0 aliphatic carbocycles. The lowest BCUT2D eigenvalue weighted by Gasteiger charge is -2.22. The topological polar surface area (TPSA) is 27.7 Å². The fraction of sp³-hybridized carbons (Fsp3) is 0.500. The van der Waals surface area contributed by atoms with Gasteiger partial charge in [-0.25, -0.2) is 0 Å². The minimum Gasteiger partial charge on any atom is -0.493 e. The molecule has 0 unspecified atom stereocenters. The first kappa shape index (κ1) is 13.0. The average molecular weight is 277 g/mol. The molecule has 0 N–H and O–H groups in total. The average Bonchev–Trinajstić information content (AvgIpc) is 2.71. The van der Waals surface area contributed by atoms with Gasteiger partial charge >= 0.3 is 0 Å². The zero-order chi connectivity index (χ0) is 12.3. The number of benzene rings is 1. The maximum atomic E-state index is 5.89. The van der Waals surface area contributed by atoms with Crippen LogP contribution in [0.25, 0.3) is 0 Å². The number of halogens is 2. The van der Waals surface area contributed by atoms with Crippen LogP contribution < -0.4 is 4.74 Å². The Hall–Kier alpha value is -0.480. The second kappa shape index (κ2) is 5.44. The highest BCUT2D eigenvalue weighted by Gasteiger charge is 2.30. The molecule has 0 amide bonds. The summed E-state index contributed by atoms with van der Waals surface area (Å²) in [4.78, 5) is 0. The van der Waals surface area contributed by atoms with Crippen molar-refractivity contribution in [1.29, 1.82) is 0 Å². The van der Waals surface area contributed by atoms with Gasteiger partial charge in [0.1, 0.15) is 5.75 Å². The van der Waals surface area contributed by atoms with E-state index in [9.17, 15) is 0 Å². The van der Waals surface area contributed by atoms with Crippen molar-refractivity contribution in [3.63, 3.8) is 0 Å². The molecule has 1 saturated heterocycles. The van der Waals surface area contributed by atoms with Crippen LogP contribution in [0.2, 0.25) is 10.0 Å². The number of ether oxygens (including phenoxy) is 3. The Kier molecular flexibility index (Phi) is 4.15. The van der Waals surface area contributed by atoms with Gasteiger partial charge in [0.05, 0.1) is 29.9 Å². The van der Waals surface area contributed by atoms with E-state index < -0.39 is 5.79 Å². The molecular weight excluding hydrogens is 263 g/mol. The Bertz CT molecular complexity index is 389. The Morgan fingerprint density at radius 2 is 1.94 bits per heavy atom. The molecule has 1 heterocycles. The summed E-state index contributed by atoms with van der Waals surface area (Å²) in [5.74, 6) is 0.178. The molecular formula is C12H14Cl2O3. The summed E-state index contributed by atoms with van der Waals surface area (Å²) in [6.07, 6.45) is 0.674. The zero-order valence-electron chi connectivity index (χ0n) is 9.54. The fourth-order valence-corrected chi connectivity index (χ4v) is 1.91. The minimum atomic E-state index is -0.518. The first-order chi connectivity index (χ1) is 8.09. The zero-order valence-corrected chi connectivity index (χ0v) is 11.1. The lowest BCUT2D eigenvalue weighted by atomic mass is 10.2. The monoisotopic (exact) mass is 276 g/mol. The summed E-state index contributed by atoms with van der Waals surface area (Å²) in [6.45, 7) is 3.71. The van der Waals surface area contributed by atoms with Crippen molar-refractivity contribution in [1.82, 2.24) is 0 Å². The third-order valence-electron chi connectivity index (χ3n) is 2.61. The predicted octanol–water partition coefficient (Wildman–Crippen LogP) is 3.53. The van der Waals surface area contributed by atoms with Crippen LogP contribution in [-0.4, -0.2) is 25.6 Å². The molecule has 17 heavy (non-hydrogen) atoms. The molecule has 0 atom stereocenters. The van der Waals surface area contributed by atoms with Crippen molar-refractivity contribution >= 4 is 23.2 Å². The SMILES string of the molecule is CC1(CCOc2ccc(Cl)c(Cl)c2)OCCO1. The molecule has 0 aromatic heterocycles. The normalized spacial score (nSPS) is 18.3. The quantitative estimate of drug-likeness (QED) is 0.842. The summed E-state index contributed by atoms with van der Waals surface area (Å²) in [5.41, 5.74) is 0. The molecule has 1 aliphatic heterocycles. The van der Waals surface area contributed by atoms with Crippen LogP contribution >= 0.6 is 23.2 Å². The number of rotatable bonds is 4. The molecule has 1 aliphatic rings. The second-order valence-corrected chi connectivity index (χ2v) is 4.82. The summed E-state index contributed by atoms with van der Waals surface area (Å²) in [5, 5.41) is 1.01. The lowest BCUT2D eigenvalue weighted by Crippen LogP contribution is -2.27. The van der Waals surface area contributed by atoms with Gasteiger partial charge in [0.15, 0.2) is 5.79 Å². The molecule has 1 aromatic rings. The van der Waals surface area contributed by atoms with E-state index in [1.165, 1.54) is 0 Å². The van der Waals surface area contributed by atoms with E-state index in [0.29, 0.717) is 42.0 Å². The molecule has 0 radical (unpaired) electrons. The van der Waals surface area contributed by atoms with Crippen LogP contribution in [0.4, 0.5) is 0 Å². The van der Waals surface area contributed by atoms with Gasteiger partial charge in [-0.2, -0.15) is 0 Å². The Labute approximate surface area is 111 Å². The summed E-state index contributed by atoms with van der Waals surface area (Å²) < 4.78 is 16.5. The van der Waals surface area contributed by atoms with Crippen LogP contribution in [0.5, 0.6) is 5.75 Å². The van der Waals surface area contributed by atoms with Crippen molar-refractivity contribution in [3.8, 4) is 5.75 Å². The Morgan fingerprint density at radius 3 is 2.59 bits per heavy atom. The standard InChI is InChI=1S/C12H14Cl2O3/c1-12(16-6-7-17-12)4-5-15-9-2-3-10(13)11(14)8-9/h2-3,8H,4-7H2,1H3.